The van der Waals surface area contributed by atoms with E-state index >= 15 is 0 Å². The highest BCUT2D eigenvalue weighted by Gasteiger charge is 2.34. The first kappa shape index (κ1) is 35.3. The van der Waals surface area contributed by atoms with Crippen molar-refractivity contribution >= 4 is 29.7 Å². The molecule has 0 aliphatic heterocycles. The smallest absolute Gasteiger partial charge is 0.355 e. The SMILES string of the molecule is C/C=C(\NC(=O)[C@@H](N)C(C)C)C(=O)O[C@@H](Cc1ccccc1)C(=O)O[C@@H](CC(C)C)C(=O)N[C@H](CC(C)C)C(=O)O. The predicted octanol–water partition coefficient (Wildman–Crippen LogP) is 2.72. The number of nitrogens with one attached hydrogen (secondary N) is 2. The summed E-state index contributed by atoms with van der Waals surface area (Å²) in [5.74, 6) is -4.79. The Kier molecular flexibility index (Phi) is 14.8. The minimum atomic E-state index is -1.47. The van der Waals surface area contributed by atoms with Gasteiger partial charge in [0.2, 0.25) is 12.0 Å². The highest BCUT2D eigenvalue weighted by molar-refractivity contribution is 5.96. The first-order valence-corrected chi connectivity index (χ1v) is 13.9. The van der Waals surface area contributed by atoms with Gasteiger partial charge in [0.25, 0.3) is 5.91 Å². The number of esters is 2. The quantitative estimate of drug-likeness (QED) is 0.171. The number of hydrogen-bond donors (Lipinski definition) is 4. The van der Waals surface area contributed by atoms with Crippen LogP contribution < -0.4 is 16.4 Å². The second kappa shape index (κ2) is 17.2. The van der Waals surface area contributed by atoms with E-state index in [1.165, 1.54) is 13.0 Å². The van der Waals surface area contributed by atoms with Gasteiger partial charge in [0.15, 0.2) is 6.10 Å². The number of rotatable bonds is 16. The van der Waals surface area contributed by atoms with Gasteiger partial charge in [-0.05, 0) is 43.1 Å². The Morgan fingerprint density at radius 1 is 0.878 bits per heavy atom. The Balaban J connectivity index is 3.21. The third-order valence-electron chi connectivity index (χ3n) is 6.12. The van der Waals surface area contributed by atoms with Crippen molar-refractivity contribution in [2.45, 2.75) is 92.0 Å². The second-order valence-corrected chi connectivity index (χ2v) is 11.1. The van der Waals surface area contributed by atoms with Crippen molar-refractivity contribution in [1.82, 2.24) is 10.6 Å². The lowest BCUT2D eigenvalue weighted by atomic mass is 10.0. The van der Waals surface area contributed by atoms with Crippen LogP contribution in [-0.2, 0) is 39.9 Å². The minimum absolute atomic E-state index is 0.00596. The van der Waals surface area contributed by atoms with E-state index in [-0.39, 0.29) is 42.7 Å². The highest BCUT2D eigenvalue weighted by atomic mass is 16.6. The molecule has 11 heteroatoms. The van der Waals surface area contributed by atoms with Crippen LogP contribution >= 0.6 is 0 Å². The van der Waals surface area contributed by atoms with Crippen LogP contribution in [0.4, 0.5) is 0 Å². The number of carboxylic acids is 1. The van der Waals surface area contributed by atoms with Crippen molar-refractivity contribution in [2.24, 2.45) is 23.5 Å². The lowest BCUT2D eigenvalue weighted by Crippen LogP contribution is -2.49. The molecule has 0 unspecified atom stereocenters. The maximum atomic E-state index is 13.4. The molecule has 11 nitrogen and oxygen atoms in total. The topological polar surface area (TPSA) is 174 Å². The van der Waals surface area contributed by atoms with Crippen LogP contribution in [0.15, 0.2) is 42.1 Å². The van der Waals surface area contributed by atoms with Gasteiger partial charge in [-0.2, -0.15) is 0 Å². The molecule has 228 valence electrons. The maximum Gasteiger partial charge on any atom is 0.355 e. The predicted molar refractivity (Wildman–Crippen MR) is 153 cm³/mol. The van der Waals surface area contributed by atoms with E-state index in [0.29, 0.717) is 5.56 Å². The summed E-state index contributed by atoms with van der Waals surface area (Å²) in [6, 6.07) is 6.72. The van der Waals surface area contributed by atoms with E-state index in [1.807, 2.05) is 27.7 Å². The lowest BCUT2D eigenvalue weighted by Gasteiger charge is -2.25. The van der Waals surface area contributed by atoms with Crippen molar-refractivity contribution < 1.29 is 38.6 Å². The fourth-order valence-corrected chi connectivity index (χ4v) is 3.76. The summed E-state index contributed by atoms with van der Waals surface area (Å²) in [6.45, 7) is 12.3. The molecule has 1 rings (SSSR count). The van der Waals surface area contributed by atoms with Crippen LogP contribution in [0.3, 0.4) is 0 Å². The molecule has 1 aromatic rings. The number of amides is 2. The molecule has 0 saturated heterocycles. The number of carbonyl (C=O) groups is 5. The third-order valence-corrected chi connectivity index (χ3v) is 6.12. The van der Waals surface area contributed by atoms with E-state index in [1.54, 1.807) is 44.2 Å². The summed E-state index contributed by atoms with van der Waals surface area (Å²) in [7, 11) is 0. The van der Waals surface area contributed by atoms with Gasteiger partial charge in [0.1, 0.15) is 11.7 Å². The van der Waals surface area contributed by atoms with E-state index in [0.717, 1.165) is 0 Å². The fraction of sp³-hybridized carbons (Fsp3) is 0.567. The van der Waals surface area contributed by atoms with Crippen LogP contribution in [0.1, 0.15) is 66.9 Å². The van der Waals surface area contributed by atoms with Gasteiger partial charge in [-0.15, -0.1) is 0 Å². The highest BCUT2D eigenvalue weighted by Crippen LogP contribution is 2.16. The van der Waals surface area contributed by atoms with Crippen molar-refractivity contribution in [3.8, 4) is 0 Å². The van der Waals surface area contributed by atoms with Crippen LogP contribution in [0.2, 0.25) is 0 Å². The largest absolute Gasteiger partial charge is 0.480 e. The number of carbonyl (C=O) groups excluding carboxylic acids is 4. The second-order valence-electron chi connectivity index (χ2n) is 11.1. The van der Waals surface area contributed by atoms with E-state index in [9.17, 15) is 29.1 Å². The maximum absolute atomic E-state index is 13.4. The van der Waals surface area contributed by atoms with Gasteiger partial charge >= 0.3 is 17.9 Å². The average molecular weight is 576 g/mol. The number of hydrogen-bond acceptors (Lipinski definition) is 8. The van der Waals surface area contributed by atoms with Crippen LogP contribution in [0.5, 0.6) is 0 Å². The van der Waals surface area contributed by atoms with Crippen molar-refractivity contribution in [1.29, 1.82) is 0 Å². The Morgan fingerprint density at radius 2 is 1.46 bits per heavy atom. The molecule has 0 heterocycles. The molecule has 0 aromatic heterocycles. The zero-order valence-electron chi connectivity index (χ0n) is 25.0. The van der Waals surface area contributed by atoms with Gasteiger partial charge in [-0.1, -0.05) is 78.0 Å². The molecule has 41 heavy (non-hydrogen) atoms. The summed E-state index contributed by atoms with van der Waals surface area (Å²) in [5.41, 5.74) is 6.33. The Bertz CT molecular complexity index is 1070. The average Bonchev–Trinajstić information content (AvgIpc) is 2.89. The van der Waals surface area contributed by atoms with Crippen LogP contribution in [0, 0.1) is 17.8 Å². The standard InChI is InChI=1S/C30H45N3O8/c1-8-21(32-27(35)25(31)19(6)7)29(38)41-24(16-20-12-10-9-11-13-20)30(39)40-23(15-18(4)5)26(34)33-22(28(36)37)14-17(2)3/h8-13,17-19,22-25H,14-16,31H2,1-7H3,(H,32,35)(H,33,34)(H,36,37)/b21-8-/t22-,23+,24+,25+/m1/s1. The first-order valence-electron chi connectivity index (χ1n) is 13.9. The monoisotopic (exact) mass is 575 g/mol. The zero-order valence-corrected chi connectivity index (χ0v) is 25.0. The molecule has 0 spiro atoms. The van der Waals surface area contributed by atoms with E-state index < -0.39 is 54.0 Å². The molecule has 4 atom stereocenters. The summed E-state index contributed by atoms with van der Waals surface area (Å²) in [6.07, 6.45) is -1.23. The Morgan fingerprint density at radius 3 is 1.95 bits per heavy atom. The molecule has 0 fully saturated rings. The van der Waals surface area contributed by atoms with Crippen molar-refractivity contribution in [2.75, 3.05) is 0 Å². The summed E-state index contributed by atoms with van der Waals surface area (Å²) in [5, 5.41) is 14.5. The number of nitrogens with two attached hydrogens (primary N) is 1. The number of allylic oxidation sites excluding steroid dienone is 1. The molecule has 0 bridgehead atoms. The fourth-order valence-electron chi connectivity index (χ4n) is 3.76. The Hall–Kier alpha value is -3.73. The van der Waals surface area contributed by atoms with Gasteiger partial charge < -0.3 is 30.9 Å². The van der Waals surface area contributed by atoms with E-state index in [2.05, 4.69) is 10.6 Å². The lowest BCUT2D eigenvalue weighted by molar-refractivity contribution is -0.173. The molecule has 5 N–H and O–H groups in total. The molecule has 0 radical (unpaired) electrons. The zero-order chi connectivity index (χ0) is 31.3. The van der Waals surface area contributed by atoms with Gasteiger partial charge in [0.05, 0.1) is 6.04 Å². The van der Waals surface area contributed by atoms with Gasteiger partial charge in [-0.25, -0.2) is 14.4 Å². The normalized spacial score (nSPS) is 14.7. The van der Waals surface area contributed by atoms with Crippen LogP contribution in [0.25, 0.3) is 0 Å². The van der Waals surface area contributed by atoms with Gasteiger partial charge in [-0.3, -0.25) is 9.59 Å². The number of carboxylic acid groups (broad SMARTS) is 1. The summed E-state index contributed by atoms with van der Waals surface area (Å²) in [4.78, 5) is 63.6. The molecular formula is C30H45N3O8. The number of ether oxygens (including phenoxy) is 2. The molecule has 2 amide bonds. The number of aliphatic carboxylic acids is 1. The first-order chi connectivity index (χ1) is 19.2. The van der Waals surface area contributed by atoms with Gasteiger partial charge in [0, 0.05) is 6.42 Å². The molecular weight excluding hydrogens is 530 g/mol. The molecule has 0 aliphatic rings. The summed E-state index contributed by atoms with van der Waals surface area (Å²) >= 11 is 0. The molecule has 0 saturated carbocycles. The van der Waals surface area contributed by atoms with E-state index in [4.69, 9.17) is 15.2 Å². The van der Waals surface area contributed by atoms with Crippen molar-refractivity contribution in [3.05, 3.63) is 47.7 Å². The van der Waals surface area contributed by atoms with Crippen LogP contribution in [-0.4, -0.2) is 59.1 Å². The number of benzene rings is 1. The Labute approximate surface area is 242 Å². The molecule has 0 aliphatic carbocycles. The van der Waals surface area contributed by atoms with Crippen molar-refractivity contribution in [3.63, 3.8) is 0 Å². The minimum Gasteiger partial charge on any atom is -0.480 e. The molecule has 1 aromatic carbocycles. The summed E-state index contributed by atoms with van der Waals surface area (Å²) < 4.78 is 11.1. The third kappa shape index (κ3) is 12.5.